The molecule has 0 fully saturated rings. The molecule has 0 radical (unpaired) electrons. The predicted molar refractivity (Wildman–Crippen MR) is 90.0 cm³/mol. The highest BCUT2D eigenvalue weighted by Crippen LogP contribution is 2.32. The second-order valence-corrected chi connectivity index (χ2v) is 6.04. The van der Waals surface area contributed by atoms with Gasteiger partial charge in [0.05, 0.1) is 0 Å². The van der Waals surface area contributed by atoms with E-state index in [2.05, 4.69) is 0 Å². The summed E-state index contributed by atoms with van der Waals surface area (Å²) in [5.74, 6) is -1.17. The van der Waals surface area contributed by atoms with Crippen LogP contribution in [0.25, 0.3) is 0 Å². The van der Waals surface area contributed by atoms with Gasteiger partial charge in [0.25, 0.3) is 0 Å². The molecule has 0 heterocycles. The van der Waals surface area contributed by atoms with Crippen molar-refractivity contribution in [1.29, 1.82) is 0 Å². The SMILES string of the molecule is CCC(=O)OC(C)C(c1ccc(F)c(C)c1)c1ccc(F)c(C)c1. The van der Waals surface area contributed by atoms with Crippen molar-refractivity contribution in [2.24, 2.45) is 0 Å². The number of rotatable bonds is 5. The van der Waals surface area contributed by atoms with Crippen molar-refractivity contribution in [3.63, 3.8) is 0 Å². The van der Waals surface area contributed by atoms with Crippen molar-refractivity contribution in [3.05, 3.63) is 70.3 Å². The zero-order valence-electron chi connectivity index (χ0n) is 14.4. The zero-order chi connectivity index (χ0) is 17.9. The Hall–Kier alpha value is -2.23. The van der Waals surface area contributed by atoms with E-state index in [1.165, 1.54) is 12.1 Å². The molecule has 0 aromatic heterocycles. The molecular weight excluding hydrogens is 310 g/mol. The molecule has 2 rings (SSSR count). The van der Waals surface area contributed by atoms with E-state index in [1.807, 2.05) is 0 Å². The highest BCUT2D eigenvalue weighted by molar-refractivity contribution is 5.69. The molecule has 1 atom stereocenters. The largest absolute Gasteiger partial charge is 0.462 e. The van der Waals surface area contributed by atoms with E-state index in [4.69, 9.17) is 4.74 Å². The molecule has 0 N–H and O–H groups in total. The van der Waals surface area contributed by atoms with Crippen LogP contribution in [-0.4, -0.2) is 12.1 Å². The number of halogens is 2. The molecule has 0 saturated heterocycles. The fourth-order valence-corrected chi connectivity index (χ4v) is 2.82. The van der Waals surface area contributed by atoms with Crippen LogP contribution in [0.5, 0.6) is 0 Å². The summed E-state index contributed by atoms with van der Waals surface area (Å²) in [4.78, 5) is 11.7. The van der Waals surface area contributed by atoms with Crippen molar-refractivity contribution in [3.8, 4) is 0 Å². The minimum Gasteiger partial charge on any atom is -0.462 e. The summed E-state index contributed by atoms with van der Waals surface area (Å²) in [6.45, 7) is 6.91. The summed E-state index contributed by atoms with van der Waals surface area (Å²) in [6, 6.07) is 9.67. The van der Waals surface area contributed by atoms with Crippen molar-refractivity contribution in [2.75, 3.05) is 0 Å². The molecule has 24 heavy (non-hydrogen) atoms. The first kappa shape index (κ1) is 18.1. The molecule has 0 aliphatic rings. The van der Waals surface area contributed by atoms with Gasteiger partial charge in [0, 0.05) is 12.3 Å². The normalized spacial score (nSPS) is 12.3. The fraction of sp³-hybridized carbons (Fsp3) is 0.350. The summed E-state index contributed by atoms with van der Waals surface area (Å²) < 4.78 is 32.7. The van der Waals surface area contributed by atoms with Crippen molar-refractivity contribution in [1.82, 2.24) is 0 Å². The van der Waals surface area contributed by atoms with Crippen LogP contribution >= 0.6 is 0 Å². The lowest BCUT2D eigenvalue weighted by molar-refractivity contribution is -0.148. The number of esters is 1. The zero-order valence-corrected chi connectivity index (χ0v) is 14.4. The van der Waals surface area contributed by atoms with Gasteiger partial charge in [-0.1, -0.05) is 31.2 Å². The molecule has 2 nitrogen and oxygen atoms in total. The lowest BCUT2D eigenvalue weighted by atomic mass is 9.85. The maximum absolute atomic E-state index is 13.6. The van der Waals surface area contributed by atoms with Crippen molar-refractivity contribution in [2.45, 2.75) is 46.1 Å². The van der Waals surface area contributed by atoms with Gasteiger partial charge < -0.3 is 4.74 Å². The molecule has 0 saturated carbocycles. The second kappa shape index (κ2) is 7.56. The molecule has 0 aliphatic heterocycles. The highest BCUT2D eigenvalue weighted by atomic mass is 19.1. The molecular formula is C20H22F2O2. The Morgan fingerprint density at radius 3 is 1.83 bits per heavy atom. The molecule has 4 heteroatoms. The Balaban J connectivity index is 2.49. The van der Waals surface area contributed by atoms with Crippen LogP contribution in [0.3, 0.4) is 0 Å². The van der Waals surface area contributed by atoms with E-state index in [1.54, 1.807) is 52.0 Å². The predicted octanol–water partition coefficient (Wildman–Crippen LogP) is 5.06. The summed E-state index contributed by atoms with van der Waals surface area (Å²) in [5.41, 5.74) is 2.70. The molecule has 0 aliphatic carbocycles. The Bertz CT molecular complexity index is 689. The van der Waals surface area contributed by atoms with Crippen LogP contribution in [-0.2, 0) is 9.53 Å². The van der Waals surface area contributed by atoms with Crippen LogP contribution in [0.2, 0.25) is 0 Å². The number of carbonyl (C=O) groups excluding carboxylic acids is 1. The number of ether oxygens (including phenoxy) is 1. The minimum atomic E-state index is -0.452. The monoisotopic (exact) mass is 332 g/mol. The number of aryl methyl sites for hydroxylation is 2. The first-order chi connectivity index (χ1) is 11.3. The van der Waals surface area contributed by atoms with Gasteiger partial charge in [-0.15, -0.1) is 0 Å². The molecule has 128 valence electrons. The highest BCUT2D eigenvalue weighted by Gasteiger charge is 2.25. The third-order valence-corrected chi connectivity index (χ3v) is 4.16. The van der Waals surface area contributed by atoms with Gasteiger partial charge in [-0.05, 0) is 55.2 Å². The Morgan fingerprint density at radius 2 is 1.46 bits per heavy atom. The van der Waals surface area contributed by atoms with Crippen LogP contribution in [0.1, 0.15) is 48.4 Å². The quantitative estimate of drug-likeness (QED) is 0.716. The number of benzene rings is 2. The fourth-order valence-electron chi connectivity index (χ4n) is 2.82. The molecule has 2 aromatic rings. The average Bonchev–Trinajstić information content (AvgIpc) is 2.54. The van der Waals surface area contributed by atoms with Crippen LogP contribution < -0.4 is 0 Å². The van der Waals surface area contributed by atoms with Gasteiger partial charge in [-0.2, -0.15) is 0 Å². The summed E-state index contributed by atoms with van der Waals surface area (Å²) in [5, 5.41) is 0. The average molecular weight is 332 g/mol. The summed E-state index contributed by atoms with van der Waals surface area (Å²) >= 11 is 0. The van der Waals surface area contributed by atoms with E-state index in [0.29, 0.717) is 11.1 Å². The van der Waals surface area contributed by atoms with Gasteiger partial charge >= 0.3 is 5.97 Å². The second-order valence-electron chi connectivity index (χ2n) is 6.04. The van der Waals surface area contributed by atoms with Crippen LogP contribution in [0.15, 0.2) is 36.4 Å². The van der Waals surface area contributed by atoms with Crippen LogP contribution in [0, 0.1) is 25.5 Å². The Labute approximate surface area is 141 Å². The third-order valence-electron chi connectivity index (χ3n) is 4.16. The van der Waals surface area contributed by atoms with Crippen LogP contribution in [0.4, 0.5) is 8.78 Å². The first-order valence-corrected chi connectivity index (χ1v) is 8.05. The van der Waals surface area contributed by atoms with Gasteiger partial charge in [-0.3, -0.25) is 4.79 Å². The van der Waals surface area contributed by atoms with Crippen molar-refractivity contribution < 1.29 is 18.3 Å². The van der Waals surface area contributed by atoms with Gasteiger partial charge in [-0.25, -0.2) is 8.78 Å². The first-order valence-electron chi connectivity index (χ1n) is 8.05. The van der Waals surface area contributed by atoms with Crippen molar-refractivity contribution >= 4 is 5.97 Å². The maximum atomic E-state index is 13.6. The summed E-state index contributed by atoms with van der Waals surface area (Å²) in [6.07, 6.45) is -0.172. The number of hydrogen-bond donors (Lipinski definition) is 0. The van der Waals surface area contributed by atoms with E-state index in [9.17, 15) is 13.6 Å². The molecule has 1 unspecified atom stereocenters. The smallest absolute Gasteiger partial charge is 0.305 e. The molecule has 0 spiro atoms. The van der Waals surface area contributed by atoms with E-state index in [-0.39, 0.29) is 29.9 Å². The Morgan fingerprint density at radius 1 is 1.00 bits per heavy atom. The number of carbonyl (C=O) groups is 1. The third kappa shape index (κ3) is 3.99. The lowest BCUT2D eigenvalue weighted by Crippen LogP contribution is -2.23. The molecule has 2 aromatic carbocycles. The molecule has 0 amide bonds. The summed E-state index contributed by atoms with van der Waals surface area (Å²) in [7, 11) is 0. The maximum Gasteiger partial charge on any atom is 0.305 e. The standard InChI is InChI=1S/C20H22F2O2/c1-5-19(23)24-14(4)20(15-6-8-17(21)12(2)10-15)16-7-9-18(22)13(3)11-16/h6-11,14,20H,5H2,1-4H3. The lowest BCUT2D eigenvalue weighted by Gasteiger charge is -2.26. The van der Waals surface area contributed by atoms with Gasteiger partial charge in [0.1, 0.15) is 17.7 Å². The van der Waals surface area contributed by atoms with Gasteiger partial charge in [0.15, 0.2) is 0 Å². The van der Waals surface area contributed by atoms with E-state index >= 15 is 0 Å². The van der Waals surface area contributed by atoms with Gasteiger partial charge in [0.2, 0.25) is 0 Å². The Kier molecular flexibility index (Phi) is 5.71. The van der Waals surface area contributed by atoms with E-state index in [0.717, 1.165) is 11.1 Å². The van der Waals surface area contributed by atoms with E-state index < -0.39 is 6.10 Å². The topological polar surface area (TPSA) is 26.3 Å². The number of hydrogen-bond acceptors (Lipinski definition) is 2. The minimum absolute atomic E-state index is 0.280. The molecule has 0 bridgehead atoms.